The van der Waals surface area contributed by atoms with Gasteiger partial charge in [-0.15, -0.1) is 0 Å². The molecule has 1 aromatic heterocycles. The third kappa shape index (κ3) is 3.95. The lowest BCUT2D eigenvalue weighted by Gasteiger charge is -2.12. The SMILES string of the molecule is COc1ccc(C)cc1NC(=O)Cn1cc(Br)ccc1=O. The highest BCUT2D eigenvalue weighted by atomic mass is 79.9. The van der Waals surface area contributed by atoms with E-state index >= 15 is 0 Å². The second-order valence-electron chi connectivity index (χ2n) is 4.57. The highest BCUT2D eigenvalue weighted by Crippen LogP contribution is 2.25. The third-order valence-electron chi connectivity index (χ3n) is 2.89. The molecule has 1 heterocycles. The fourth-order valence-corrected chi connectivity index (χ4v) is 2.27. The maximum Gasteiger partial charge on any atom is 0.251 e. The molecule has 0 fully saturated rings. The minimum atomic E-state index is -0.292. The summed E-state index contributed by atoms with van der Waals surface area (Å²) in [6.45, 7) is 1.86. The van der Waals surface area contributed by atoms with E-state index in [2.05, 4.69) is 21.2 Å². The van der Waals surface area contributed by atoms with Crippen LogP contribution in [0, 0.1) is 6.92 Å². The van der Waals surface area contributed by atoms with E-state index < -0.39 is 0 Å². The van der Waals surface area contributed by atoms with Crippen LogP contribution in [-0.2, 0) is 11.3 Å². The van der Waals surface area contributed by atoms with Gasteiger partial charge in [0.25, 0.3) is 5.56 Å². The van der Waals surface area contributed by atoms with Crippen LogP contribution in [0.5, 0.6) is 5.75 Å². The highest BCUT2D eigenvalue weighted by Gasteiger charge is 2.09. The normalized spacial score (nSPS) is 10.2. The first-order chi connectivity index (χ1) is 9.99. The molecule has 1 aromatic carbocycles. The quantitative estimate of drug-likeness (QED) is 0.921. The Morgan fingerprint density at radius 3 is 2.81 bits per heavy atom. The van der Waals surface area contributed by atoms with Crippen LogP contribution in [-0.4, -0.2) is 17.6 Å². The van der Waals surface area contributed by atoms with Crippen molar-refractivity contribution in [1.29, 1.82) is 0 Å². The largest absolute Gasteiger partial charge is 0.495 e. The van der Waals surface area contributed by atoms with Crippen molar-refractivity contribution in [2.24, 2.45) is 0 Å². The van der Waals surface area contributed by atoms with E-state index in [1.165, 1.54) is 10.6 Å². The molecule has 2 rings (SSSR count). The van der Waals surface area contributed by atoms with Gasteiger partial charge in [-0.1, -0.05) is 6.07 Å². The molecule has 0 radical (unpaired) electrons. The van der Waals surface area contributed by atoms with Gasteiger partial charge >= 0.3 is 0 Å². The van der Waals surface area contributed by atoms with Crippen LogP contribution in [0.15, 0.2) is 45.8 Å². The Morgan fingerprint density at radius 1 is 1.33 bits per heavy atom. The van der Waals surface area contributed by atoms with Gasteiger partial charge < -0.3 is 14.6 Å². The number of carbonyl (C=O) groups is 1. The number of anilines is 1. The first-order valence-electron chi connectivity index (χ1n) is 6.30. The number of rotatable bonds is 4. The topological polar surface area (TPSA) is 60.3 Å². The molecule has 0 aliphatic rings. The maximum atomic E-state index is 12.1. The zero-order valence-electron chi connectivity index (χ0n) is 11.7. The van der Waals surface area contributed by atoms with E-state index in [-0.39, 0.29) is 18.0 Å². The average molecular weight is 351 g/mol. The Bertz CT molecular complexity index is 725. The number of methoxy groups -OCH3 is 1. The van der Waals surface area contributed by atoms with Crippen molar-refractivity contribution < 1.29 is 9.53 Å². The molecular weight excluding hydrogens is 336 g/mol. The van der Waals surface area contributed by atoms with Crippen LogP contribution in [0.4, 0.5) is 5.69 Å². The Hall–Kier alpha value is -2.08. The van der Waals surface area contributed by atoms with Gasteiger partial charge in [-0.25, -0.2) is 0 Å². The van der Waals surface area contributed by atoms with Gasteiger partial charge in [-0.3, -0.25) is 9.59 Å². The number of hydrogen-bond donors (Lipinski definition) is 1. The van der Waals surface area contributed by atoms with Gasteiger partial charge in [-0.2, -0.15) is 0 Å². The molecular formula is C15H15BrN2O3. The number of pyridine rings is 1. The fourth-order valence-electron chi connectivity index (χ4n) is 1.89. The number of aromatic nitrogens is 1. The Kier molecular flexibility index (Phi) is 4.80. The smallest absolute Gasteiger partial charge is 0.251 e. The van der Waals surface area contributed by atoms with Gasteiger partial charge in [-0.05, 0) is 46.6 Å². The summed E-state index contributed by atoms with van der Waals surface area (Å²) in [6.07, 6.45) is 1.58. The Morgan fingerprint density at radius 2 is 2.10 bits per heavy atom. The molecule has 0 spiro atoms. The summed E-state index contributed by atoms with van der Waals surface area (Å²) in [5, 5.41) is 2.76. The monoisotopic (exact) mass is 350 g/mol. The molecule has 21 heavy (non-hydrogen) atoms. The summed E-state index contributed by atoms with van der Waals surface area (Å²) < 4.78 is 7.28. The number of halogens is 1. The van der Waals surface area contributed by atoms with E-state index in [0.717, 1.165) is 10.0 Å². The lowest BCUT2D eigenvalue weighted by atomic mass is 10.2. The second kappa shape index (κ2) is 6.58. The molecule has 2 aromatic rings. The fraction of sp³-hybridized carbons (Fsp3) is 0.200. The van der Waals surface area contributed by atoms with E-state index in [1.807, 2.05) is 19.1 Å². The van der Waals surface area contributed by atoms with E-state index in [4.69, 9.17) is 4.74 Å². The third-order valence-corrected chi connectivity index (χ3v) is 3.36. The summed E-state index contributed by atoms with van der Waals surface area (Å²) in [5.74, 6) is 0.287. The summed E-state index contributed by atoms with van der Waals surface area (Å²) >= 11 is 3.27. The zero-order chi connectivity index (χ0) is 15.4. The number of ether oxygens (including phenoxy) is 1. The highest BCUT2D eigenvalue weighted by molar-refractivity contribution is 9.10. The van der Waals surface area contributed by atoms with Crippen LogP contribution in [0.1, 0.15) is 5.56 Å². The summed E-state index contributed by atoms with van der Waals surface area (Å²) in [4.78, 5) is 23.8. The van der Waals surface area contributed by atoms with Crippen LogP contribution in [0.3, 0.4) is 0 Å². The molecule has 110 valence electrons. The Labute approximate surface area is 130 Å². The average Bonchev–Trinajstić information content (AvgIpc) is 2.43. The molecule has 6 heteroatoms. The molecule has 1 N–H and O–H groups in total. The summed E-state index contributed by atoms with van der Waals surface area (Å²) in [5.41, 5.74) is 1.36. The first kappa shape index (κ1) is 15.3. The molecule has 0 bridgehead atoms. The molecule has 0 saturated heterocycles. The minimum absolute atomic E-state index is 0.0601. The Balaban J connectivity index is 2.17. The number of amides is 1. The summed E-state index contributed by atoms with van der Waals surface area (Å²) in [6, 6.07) is 8.55. The van der Waals surface area contributed by atoms with Crippen molar-refractivity contribution in [3.05, 3.63) is 56.9 Å². The first-order valence-corrected chi connectivity index (χ1v) is 7.09. The van der Waals surface area contributed by atoms with Crippen LogP contribution in [0.25, 0.3) is 0 Å². The standard InChI is InChI=1S/C15H15BrN2O3/c1-10-3-5-13(21-2)12(7-10)17-14(19)9-18-8-11(16)4-6-15(18)20/h3-8H,9H2,1-2H3,(H,17,19). The lowest BCUT2D eigenvalue weighted by molar-refractivity contribution is -0.116. The second-order valence-corrected chi connectivity index (χ2v) is 5.48. The van der Waals surface area contributed by atoms with Crippen molar-refractivity contribution in [3.8, 4) is 5.75 Å². The lowest BCUT2D eigenvalue weighted by Crippen LogP contribution is -2.26. The molecule has 0 atom stereocenters. The molecule has 0 aliphatic carbocycles. The van der Waals surface area contributed by atoms with Gasteiger partial charge in [0.2, 0.25) is 5.91 Å². The molecule has 0 unspecified atom stereocenters. The number of aryl methyl sites for hydroxylation is 1. The molecule has 0 aliphatic heterocycles. The van der Waals surface area contributed by atoms with E-state index in [0.29, 0.717) is 11.4 Å². The van der Waals surface area contributed by atoms with Crippen molar-refractivity contribution in [3.63, 3.8) is 0 Å². The predicted octanol–water partition coefficient (Wildman–Crippen LogP) is 2.57. The van der Waals surface area contributed by atoms with Gasteiger partial charge in [0.1, 0.15) is 12.3 Å². The van der Waals surface area contributed by atoms with Crippen molar-refractivity contribution in [1.82, 2.24) is 4.57 Å². The molecule has 5 nitrogen and oxygen atoms in total. The number of hydrogen-bond acceptors (Lipinski definition) is 3. The number of nitrogens with one attached hydrogen (secondary N) is 1. The maximum absolute atomic E-state index is 12.1. The van der Waals surface area contributed by atoms with E-state index in [1.54, 1.807) is 25.4 Å². The predicted molar refractivity (Wildman–Crippen MR) is 84.8 cm³/mol. The molecule has 1 amide bonds. The van der Waals surface area contributed by atoms with Crippen LogP contribution < -0.4 is 15.6 Å². The van der Waals surface area contributed by atoms with Crippen LogP contribution >= 0.6 is 15.9 Å². The number of nitrogens with zero attached hydrogens (tertiary/aromatic N) is 1. The van der Waals surface area contributed by atoms with Crippen LogP contribution in [0.2, 0.25) is 0 Å². The van der Waals surface area contributed by atoms with Gasteiger partial charge in [0.15, 0.2) is 0 Å². The van der Waals surface area contributed by atoms with Gasteiger partial charge in [0, 0.05) is 16.7 Å². The van der Waals surface area contributed by atoms with Crippen molar-refractivity contribution >= 4 is 27.5 Å². The number of carbonyl (C=O) groups excluding carboxylic acids is 1. The van der Waals surface area contributed by atoms with E-state index in [9.17, 15) is 9.59 Å². The minimum Gasteiger partial charge on any atom is -0.495 e. The zero-order valence-corrected chi connectivity index (χ0v) is 13.3. The van der Waals surface area contributed by atoms with Crippen molar-refractivity contribution in [2.75, 3.05) is 12.4 Å². The number of benzene rings is 1. The molecule has 0 saturated carbocycles. The van der Waals surface area contributed by atoms with Gasteiger partial charge in [0.05, 0.1) is 12.8 Å². The van der Waals surface area contributed by atoms with Crippen molar-refractivity contribution in [2.45, 2.75) is 13.5 Å². The summed E-state index contributed by atoms with van der Waals surface area (Å²) in [7, 11) is 1.54.